The van der Waals surface area contributed by atoms with E-state index in [9.17, 15) is 0 Å². The fraction of sp³-hybridized carbons (Fsp3) is 0.571. The van der Waals surface area contributed by atoms with Crippen molar-refractivity contribution in [1.29, 1.82) is 0 Å². The Kier molecular flexibility index (Phi) is 2.94. The number of aromatic nitrogens is 3. The molecule has 3 heteroatoms. The maximum Gasteiger partial charge on any atom is 0.158 e. The molecule has 2 heterocycles. The van der Waals surface area contributed by atoms with Crippen LogP contribution in [0.15, 0.2) is 6.07 Å². The molecule has 0 N–H and O–H groups in total. The van der Waals surface area contributed by atoms with Crippen molar-refractivity contribution in [3.05, 3.63) is 23.0 Å². The first-order valence-electron chi connectivity index (χ1n) is 6.26. The third-order valence-electron chi connectivity index (χ3n) is 3.15. The average Bonchev–Trinajstić information content (AvgIpc) is 2.55. The Balaban J connectivity index is 2.88. The fourth-order valence-corrected chi connectivity index (χ4v) is 2.30. The van der Waals surface area contributed by atoms with Gasteiger partial charge in [-0.1, -0.05) is 27.7 Å². The lowest BCUT2D eigenvalue weighted by Crippen LogP contribution is -1.97. The summed E-state index contributed by atoms with van der Waals surface area (Å²) in [7, 11) is 1.98. The third kappa shape index (κ3) is 1.94. The van der Waals surface area contributed by atoms with Crippen molar-refractivity contribution in [2.75, 3.05) is 0 Å². The molecule has 0 aliphatic heterocycles. The van der Waals surface area contributed by atoms with E-state index < -0.39 is 0 Å². The lowest BCUT2D eigenvalue weighted by Gasteiger charge is -2.10. The Morgan fingerprint density at radius 2 is 1.76 bits per heavy atom. The van der Waals surface area contributed by atoms with Gasteiger partial charge in [0.05, 0.1) is 5.69 Å². The molecule has 92 valence electrons. The van der Waals surface area contributed by atoms with E-state index in [4.69, 9.17) is 0 Å². The van der Waals surface area contributed by atoms with Crippen molar-refractivity contribution < 1.29 is 0 Å². The summed E-state index contributed by atoms with van der Waals surface area (Å²) in [5, 5.41) is 5.88. The first-order chi connectivity index (χ1) is 7.91. The van der Waals surface area contributed by atoms with E-state index in [1.165, 1.54) is 16.6 Å². The standard InChI is InChI=1S/C14H21N3/c1-8(2)11-7-10(5)15-14-12(11)13(9(3)4)16-17(14)6/h7-9H,1-6H3. The lowest BCUT2D eigenvalue weighted by atomic mass is 9.96. The first-order valence-corrected chi connectivity index (χ1v) is 6.26. The number of pyridine rings is 1. The summed E-state index contributed by atoms with van der Waals surface area (Å²) in [6, 6.07) is 2.19. The monoisotopic (exact) mass is 231 g/mol. The van der Waals surface area contributed by atoms with Gasteiger partial charge < -0.3 is 0 Å². The van der Waals surface area contributed by atoms with Crippen molar-refractivity contribution in [3.63, 3.8) is 0 Å². The molecule has 0 unspecified atom stereocenters. The molecule has 0 spiro atoms. The number of nitrogens with zero attached hydrogens (tertiary/aromatic N) is 3. The van der Waals surface area contributed by atoms with Gasteiger partial charge in [-0.25, -0.2) is 4.98 Å². The van der Waals surface area contributed by atoms with Crippen LogP contribution in [0.3, 0.4) is 0 Å². The molecular formula is C14H21N3. The maximum absolute atomic E-state index is 4.63. The molecule has 2 aromatic rings. The van der Waals surface area contributed by atoms with Crippen molar-refractivity contribution >= 4 is 11.0 Å². The molecule has 17 heavy (non-hydrogen) atoms. The molecule has 0 aliphatic rings. The van der Waals surface area contributed by atoms with Gasteiger partial charge in [0.1, 0.15) is 0 Å². The van der Waals surface area contributed by atoms with Gasteiger partial charge in [0.15, 0.2) is 5.65 Å². The average molecular weight is 231 g/mol. The summed E-state index contributed by atoms with van der Waals surface area (Å²) in [6.45, 7) is 10.9. The van der Waals surface area contributed by atoms with Crippen molar-refractivity contribution in [3.8, 4) is 0 Å². The molecule has 0 saturated heterocycles. The van der Waals surface area contributed by atoms with Crippen LogP contribution in [0, 0.1) is 6.92 Å². The number of fused-ring (bicyclic) bond motifs is 1. The van der Waals surface area contributed by atoms with Crippen LogP contribution in [0.5, 0.6) is 0 Å². The lowest BCUT2D eigenvalue weighted by molar-refractivity contribution is 0.723. The molecular weight excluding hydrogens is 210 g/mol. The second kappa shape index (κ2) is 4.13. The minimum atomic E-state index is 0.431. The molecule has 0 amide bonds. The molecule has 0 fully saturated rings. The van der Waals surface area contributed by atoms with Gasteiger partial charge in [-0.2, -0.15) is 5.10 Å². The number of rotatable bonds is 2. The smallest absolute Gasteiger partial charge is 0.158 e. The highest BCUT2D eigenvalue weighted by atomic mass is 15.3. The van der Waals surface area contributed by atoms with Crippen molar-refractivity contribution in [2.45, 2.75) is 46.5 Å². The van der Waals surface area contributed by atoms with E-state index in [-0.39, 0.29) is 0 Å². The van der Waals surface area contributed by atoms with E-state index in [0.717, 1.165) is 11.3 Å². The highest BCUT2D eigenvalue weighted by molar-refractivity contribution is 5.83. The Labute approximate surface area is 103 Å². The second-order valence-corrected chi connectivity index (χ2v) is 5.37. The van der Waals surface area contributed by atoms with Crippen LogP contribution in [-0.2, 0) is 7.05 Å². The quantitative estimate of drug-likeness (QED) is 0.791. The van der Waals surface area contributed by atoms with Crippen LogP contribution in [0.1, 0.15) is 56.5 Å². The van der Waals surface area contributed by atoms with E-state index >= 15 is 0 Å². The highest BCUT2D eigenvalue weighted by Crippen LogP contribution is 2.31. The summed E-state index contributed by atoms with van der Waals surface area (Å²) in [4.78, 5) is 4.62. The Morgan fingerprint density at radius 1 is 1.12 bits per heavy atom. The summed E-state index contributed by atoms with van der Waals surface area (Å²) >= 11 is 0. The van der Waals surface area contributed by atoms with E-state index in [1.807, 2.05) is 18.7 Å². The highest BCUT2D eigenvalue weighted by Gasteiger charge is 2.18. The van der Waals surface area contributed by atoms with Gasteiger partial charge in [0.25, 0.3) is 0 Å². The van der Waals surface area contributed by atoms with Gasteiger partial charge in [-0.05, 0) is 30.4 Å². The molecule has 2 rings (SSSR count). The molecule has 3 nitrogen and oxygen atoms in total. The topological polar surface area (TPSA) is 30.7 Å². The normalized spacial score (nSPS) is 12.0. The molecule has 2 aromatic heterocycles. The zero-order valence-corrected chi connectivity index (χ0v) is 11.6. The summed E-state index contributed by atoms with van der Waals surface area (Å²) in [6.07, 6.45) is 0. The van der Waals surface area contributed by atoms with Gasteiger partial charge in [-0.3, -0.25) is 4.68 Å². The largest absolute Gasteiger partial charge is 0.250 e. The summed E-state index contributed by atoms with van der Waals surface area (Å²) < 4.78 is 1.91. The van der Waals surface area contributed by atoms with Gasteiger partial charge in [0.2, 0.25) is 0 Å². The van der Waals surface area contributed by atoms with Crippen molar-refractivity contribution in [2.24, 2.45) is 7.05 Å². The number of hydrogen-bond donors (Lipinski definition) is 0. The van der Waals surface area contributed by atoms with Gasteiger partial charge in [-0.15, -0.1) is 0 Å². The molecule has 0 atom stereocenters. The summed E-state index contributed by atoms with van der Waals surface area (Å²) in [5.74, 6) is 0.932. The summed E-state index contributed by atoms with van der Waals surface area (Å²) in [5.41, 5.74) is 4.61. The Morgan fingerprint density at radius 3 is 2.29 bits per heavy atom. The zero-order chi connectivity index (χ0) is 12.7. The molecule has 0 aromatic carbocycles. The molecule has 0 saturated carbocycles. The molecule has 0 bridgehead atoms. The van der Waals surface area contributed by atoms with Crippen LogP contribution < -0.4 is 0 Å². The SMILES string of the molecule is Cc1cc(C(C)C)c2c(C(C)C)nn(C)c2n1. The predicted molar refractivity (Wildman–Crippen MR) is 71.4 cm³/mol. The zero-order valence-electron chi connectivity index (χ0n) is 11.6. The Bertz CT molecular complexity index is 550. The predicted octanol–water partition coefficient (Wildman–Crippen LogP) is 3.52. The van der Waals surface area contributed by atoms with E-state index in [2.05, 4.69) is 43.8 Å². The first kappa shape index (κ1) is 12.1. The minimum absolute atomic E-state index is 0.431. The maximum atomic E-state index is 4.63. The van der Waals surface area contributed by atoms with E-state index in [1.54, 1.807) is 0 Å². The Hall–Kier alpha value is -1.38. The second-order valence-electron chi connectivity index (χ2n) is 5.37. The fourth-order valence-electron chi connectivity index (χ4n) is 2.30. The van der Waals surface area contributed by atoms with Crippen LogP contribution >= 0.6 is 0 Å². The van der Waals surface area contributed by atoms with Crippen LogP contribution in [-0.4, -0.2) is 14.8 Å². The van der Waals surface area contributed by atoms with E-state index in [0.29, 0.717) is 11.8 Å². The van der Waals surface area contributed by atoms with Crippen molar-refractivity contribution in [1.82, 2.24) is 14.8 Å². The van der Waals surface area contributed by atoms with Gasteiger partial charge in [0, 0.05) is 18.1 Å². The third-order valence-corrected chi connectivity index (χ3v) is 3.15. The van der Waals surface area contributed by atoms with Gasteiger partial charge >= 0.3 is 0 Å². The molecule has 0 aliphatic carbocycles. The van der Waals surface area contributed by atoms with Crippen LogP contribution in [0.2, 0.25) is 0 Å². The molecule has 0 radical (unpaired) electrons. The number of aryl methyl sites for hydroxylation is 2. The minimum Gasteiger partial charge on any atom is -0.250 e. The van der Waals surface area contributed by atoms with Crippen LogP contribution in [0.25, 0.3) is 11.0 Å². The van der Waals surface area contributed by atoms with Crippen LogP contribution in [0.4, 0.5) is 0 Å². The number of hydrogen-bond acceptors (Lipinski definition) is 2.